The number of hydrogen-bond acceptors (Lipinski definition) is 4. The Labute approximate surface area is 94.8 Å². The standard InChI is InChI=1S/C9H20O4.2CH4/c1-8(2)5-12-13-7-10-6-11-9(3)4;;/h8-9H,5-7H2,1-4H3;2*1H4. The second kappa shape index (κ2) is 13.8. The van der Waals surface area contributed by atoms with Crippen molar-refractivity contribution in [2.75, 3.05) is 20.2 Å². The molecule has 0 saturated carbocycles. The number of ether oxygens (including phenoxy) is 2. The van der Waals surface area contributed by atoms with E-state index in [0.717, 1.165) is 0 Å². The molecule has 0 atom stereocenters. The summed E-state index contributed by atoms with van der Waals surface area (Å²) in [5.41, 5.74) is 0. The van der Waals surface area contributed by atoms with Crippen molar-refractivity contribution in [2.45, 2.75) is 48.7 Å². The van der Waals surface area contributed by atoms with E-state index in [1.165, 1.54) is 0 Å². The van der Waals surface area contributed by atoms with Crippen LogP contribution in [-0.4, -0.2) is 26.3 Å². The zero-order valence-electron chi connectivity index (χ0n) is 8.91. The third kappa shape index (κ3) is 20.0. The van der Waals surface area contributed by atoms with E-state index in [2.05, 4.69) is 0 Å². The van der Waals surface area contributed by atoms with Crippen LogP contribution in [0.3, 0.4) is 0 Å². The molecule has 0 heterocycles. The van der Waals surface area contributed by atoms with E-state index < -0.39 is 0 Å². The average Bonchev–Trinajstić information content (AvgIpc) is 2.01. The second-order valence-electron chi connectivity index (χ2n) is 3.45. The molecule has 0 aliphatic heterocycles. The van der Waals surface area contributed by atoms with Crippen molar-refractivity contribution in [1.29, 1.82) is 0 Å². The van der Waals surface area contributed by atoms with Crippen molar-refractivity contribution in [3.63, 3.8) is 0 Å². The minimum absolute atomic E-state index is 0. The van der Waals surface area contributed by atoms with Crippen molar-refractivity contribution < 1.29 is 19.2 Å². The Kier molecular flexibility index (Phi) is 18.7. The molecule has 0 unspecified atom stereocenters. The highest BCUT2D eigenvalue weighted by Crippen LogP contribution is 1.93. The summed E-state index contributed by atoms with van der Waals surface area (Å²) in [6.45, 7) is 8.91. The van der Waals surface area contributed by atoms with Crippen LogP contribution in [0.25, 0.3) is 0 Å². The van der Waals surface area contributed by atoms with Gasteiger partial charge in [-0.3, -0.25) is 0 Å². The van der Waals surface area contributed by atoms with Gasteiger partial charge in [0.25, 0.3) is 0 Å². The van der Waals surface area contributed by atoms with E-state index in [4.69, 9.17) is 19.2 Å². The molecule has 4 nitrogen and oxygen atoms in total. The van der Waals surface area contributed by atoms with Gasteiger partial charge in [0.1, 0.15) is 6.79 Å². The third-order valence-electron chi connectivity index (χ3n) is 1.10. The molecule has 4 heteroatoms. The zero-order valence-corrected chi connectivity index (χ0v) is 8.91. The Morgan fingerprint density at radius 1 is 0.867 bits per heavy atom. The number of rotatable bonds is 8. The molecule has 0 radical (unpaired) electrons. The van der Waals surface area contributed by atoms with Gasteiger partial charge in [-0.25, -0.2) is 9.78 Å². The van der Waals surface area contributed by atoms with E-state index in [-0.39, 0.29) is 34.5 Å². The molecule has 0 aromatic carbocycles. The molecule has 0 N–H and O–H groups in total. The first kappa shape index (κ1) is 20.3. The quantitative estimate of drug-likeness (QED) is 0.274. The first-order chi connectivity index (χ1) is 6.13. The monoisotopic (exact) mass is 224 g/mol. The van der Waals surface area contributed by atoms with Crippen molar-refractivity contribution >= 4 is 0 Å². The van der Waals surface area contributed by atoms with Crippen LogP contribution >= 0.6 is 0 Å². The van der Waals surface area contributed by atoms with Crippen LogP contribution < -0.4 is 0 Å². The SMILES string of the molecule is C.C.CC(C)COOCOCOC(C)C. The molecule has 0 saturated heterocycles. The second-order valence-corrected chi connectivity index (χ2v) is 3.45. The maximum atomic E-state index is 5.11. The van der Waals surface area contributed by atoms with E-state index in [1.807, 2.05) is 27.7 Å². The van der Waals surface area contributed by atoms with Crippen LogP contribution in [-0.2, 0) is 19.2 Å². The largest absolute Gasteiger partial charge is 0.353 e. The molecule has 0 fully saturated rings. The van der Waals surface area contributed by atoms with Crippen LogP contribution in [0.5, 0.6) is 0 Å². The Morgan fingerprint density at radius 3 is 1.93 bits per heavy atom. The van der Waals surface area contributed by atoms with Gasteiger partial charge >= 0.3 is 0 Å². The van der Waals surface area contributed by atoms with Gasteiger partial charge in [0.15, 0.2) is 6.79 Å². The lowest BCUT2D eigenvalue weighted by molar-refractivity contribution is -0.349. The first-order valence-corrected chi connectivity index (χ1v) is 4.56. The topological polar surface area (TPSA) is 36.9 Å². The van der Waals surface area contributed by atoms with E-state index in [1.54, 1.807) is 0 Å². The molecule has 0 rings (SSSR count). The fourth-order valence-electron chi connectivity index (χ4n) is 0.470. The van der Waals surface area contributed by atoms with Gasteiger partial charge in [-0.05, 0) is 19.8 Å². The highest BCUT2D eigenvalue weighted by Gasteiger charge is 1.95. The van der Waals surface area contributed by atoms with Crippen molar-refractivity contribution in [3.05, 3.63) is 0 Å². The summed E-state index contributed by atoms with van der Waals surface area (Å²) in [5, 5.41) is 0. The van der Waals surface area contributed by atoms with Gasteiger partial charge < -0.3 is 9.47 Å². The molecule has 0 spiro atoms. The maximum absolute atomic E-state index is 5.11. The van der Waals surface area contributed by atoms with Crippen LogP contribution in [0, 0.1) is 5.92 Å². The molecule has 0 aliphatic carbocycles. The summed E-state index contributed by atoms with van der Waals surface area (Å²) < 4.78 is 10.1. The normalized spacial score (nSPS) is 10.0. The van der Waals surface area contributed by atoms with Crippen molar-refractivity contribution in [2.24, 2.45) is 5.92 Å². The summed E-state index contributed by atoms with van der Waals surface area (Å²) in [5.74, 6) is 0.465. The Balaban J connectivity index is -0.000000720. The smallest absolute Gasteiger partial charge is 0.183 e. The van der Waals surface area contributed by atoms with Crippen LogP contribution in [0.1, 0.15) is 42.5 Å². The molecule has 0 aromatic heterocycles. The molecule has 0 amide bonds. The number of hydrogen-bond donors (Lipinski definition) is 0. The van der Waals surface area contributed by atoms with Crippen LogP contribution in [0.2, 0.25) is 0 Å². The molecule has 0 aromatic rings. The van der Waals surface area contributed by atoms with Crippen molar-refractivity contribution in [3.8, 4) is 0 Å². The summed E-state index contributed by atoms with van der Waals surface area (Å²) in [7, 11) is 0. The van der Waals surface area contributed by atoms with Gasteiger partial charge in [-0.15, -0.1) is 0 Å². The van der Waals surface area contributed by atoms with Gasteiger partial charge in [0, 0.05) is 0 Å². The molecule has 0 bridgehead atoms. The molecular weight excluding hydrogens is 196 g/mol. The Bertz CT molecular complexity index is 92.8. The lowest BCUT2D eigenvalue weighted by Crippen LogP contribution is -2.10. The van der Waals surface area contributed by atoms with Crippen LogP contribution in [0.4, 0.5) is 0 Å². The first-order valence-electron chi connectivity index (χ1n) is 4.56. The fourth-order valence-corrected chi connectivity index (χ4v) is 0.470. The van der Waals surface area contributed by atoms with Gasteiger partial charge in [0.05, 0.1) is 12.7 Å². The minimum atomic E-state index is 0. The molecule has 96 valence electrons. The van der Waals surface area contributed by atoms with Gasteiger partial charge in [-0.2, -0.15) is 0 Å². The summed E-state index contributed by atoms with van der Waals surface area (Å²) >= 11 is 0. The fraction of sp³-hybridized carbons (Fsp3) is 1.00. The van der Waals surface area contributed by atoms with E-state index in [9.17, 15) is 0 Å². The third-order valence-corrected chi connectivity index (χ3v) is 1.10. The lowest BCUT2D eigenvalue weighted by Gasteiger charge is -2.08. The predicted octanol–water partition coefficient (Wildman–Crippen LogP) is 3.22. The summed E-state index contributed by atoms with van der Waals surface area (Å²) in [4.78, 5) is 9.55. The van der Waals surface area contributed by atoms with Gasteiger partial charge in [0.2, 0.25) is 0 Å². The maximum Gasteiger partial charge on any atom is 0.183 e. The zero-order chi connectivity index (χ0) is 10.1. The minimum Gasteiger partial charge on any atom is -0.353 e. The Hall–Kier alpha value is -0.160. The Morgan fingerprint density at radius 2 is 1.47 bits per heavy atom. The van der Waals surface area contributed by atoms with E-state index >= 15 is 0 Å². The highest BCUT2D eigenvalue weighted by atomic mass is 17.2. The van der Waals surface area contributed by atoms with Crippen molar-refractivity contribution in [1.82, 2.24) is 0 Å². The van der Waals surface area contributed by atoms with Gasteiger partial charge in [-0.1, -0.05) is 28.7 Å². The molecule has 15 heavy (non-hydrogen) atoms. The lowest BCUT2D eigenvalue weighted by atomic mass is 10.2. The average molecular weight is 224 g/mol. The van der Waals surface area contributed by atoms with E-state index in [0.29, 0.717) is 12.5 Å². The van der Waals surface area contributed by atoms with Crippen LogP contribution in [0.15, 0.2) is 0 Å². The summed E-state index contributed by atoms with van der Waals surface area (Å²) in [6.07, 6.45) is 0.177. The molecular formula is C11H28O4. The predicted molar refractivity (Wildman–Crippen MR) is 62.4 cm³/mol. The summed E-state index contributed by atoms with van der Waals surface area (Å²) in [6, 6.07) is 0. The highest BCUT2D eigenvalue weighted by molar-refractivity contribution is 4.34. The molecule has 0 aliphatic rings.